The van der Waals surface area contributed by atoms with Crippen LogP contribution in [0.4, 0.5) is 11.6 Å². The van der Waals surface area contributed by atoms with Gasteiger partial charge in [-0.05, 0) is 6.07 Å². The van der Waals surface area contributed by atoms with E-state index in [1.807, 2.05) is 29.2 Å². The van der Waals surface area contributed by atoms with E-state index in [1.165, 1.54) is 0 Å². The van der Waals surface area contributed by atoms with Gasteiger partial charge in [0, 0.05) is 50.1 Å². The third kappa shape index (κ3) is 3.01. The Kier molecular flexibility index (Phi) is 3.78. The zero-order valence-electron chi connectivity index (χ0n) is 14.9. The maximum Gasteiger partial charge on any atom is 0.154 e. The molecule has 0 N–H and O–H groups in total. The predicted molar refractivity (Wildman–Crippen MR) is 98.1 cm³/mol. The van der Waals surface area contributed by atoms with Gasteiger partial charge in [-0.3, -0.25) is 0 Å². The number of anilines is 2. The standard InChI is InChI=1S/C18H23N7/c1-18(2,3)15-12-16(21-13-20-15)23-8-10-24(11-9-23)17-14-4-5-22-25(14)7-6-19-17/h4-7,12-13H,8-11H2,1-3H3. The van der Waals surface area contributed by atoms with Crippen molar-refractivity contribution in [3.63, 3.8) is 0 Å². The second kappa shape index (κ2) is 5.98. The van der Waals surface area contributed by atoms with E-state index in [9.17, 15) is 0 Å². The molecule has 25 heavy (non-hydrogen) atoms. The Labute approximate surface area is 147 Å². The van der Waals surface area contributed by atoms with E-state index >= 15 is 0 Å². The molecule has 1 fully saturated rings. The molecule has 0 bridgehead atoms. The molecule has 7 heteroatoms. The van der Waals surface area contributed by atoms with E-state index < -0.39 is 0 Å². The average molecular weight is 337 g/mol. The summed E-state index contributed by atoms with van der Waals surface area (Å²) in [6.45, 7) is 10.2. The van der Waals surface area contributed by atoms with Crippen LogP contribution in [0.1, 0.15) is 26.5 Å². The van der Waals surface area contributed by atoms with Crippen molar-refractivity contribution in [2.75, 3.05) is 36.0 Å². The Morgan fingerprint density at radius 2 is 1.68 bits per heavy atom. The first-order valence-electron chi connectivity index (χ1n) is 8.63. The summed E-state index contributed by atoms with van der Waals surface area (Å²) in [4.78, 5) is 18.1. The minimum Gasteiger partial charge on any atom is -0.353 e. The lowest BCUT2D eigenvalue weighted by Gasteiger charge is -2.36. The number of nitrogens with zero attached hydrogens (tertiary/aromatic N) is 7. The molecule has 0 radical (unpaired) electrons. The van der Waals surface area contributed by atoms with E-state index in [1.54, 1.807) is 6.33 Å². The van der Waals surface area contributed by atoms with Crippen LogP contribution in [0.2, 0.25) is 0 Å². The molecule has 130 valence electrons. The van der Waals surface area contributed by atoms with Crippen LogP contribution in [0.5, 0.6) is 0 Å². The molecule has 7 nitrogen and oxygen atoms in total. The quantitative estimate of drug-likeness (QED) is 0.714. The second-order valence-electron chi connectivity index (χ2n) is 7.40. The van der Waals surface area contributed by atoms with Gasteiger partial charge in [0.15, 0.2) is 5.82 Å². The van der Waals surface area contributed by atoms with E-state index in [0.717, 1.165) is 49.0 Å². The van der Waals surface area contributed by atoms with E-state index in [0.29, 0.717) is 0 Å². The highest BCUT2D eigenvalue weighted by atomic mass is 15.3. The average Bonchev–Trinajstić information content (AvgIpc) is 3.10. The van der Waals surface area contributed by atoms with Crippen LogP contribution in [0.25, 0.3) is 5.52 Å². The molecule has 0 atom stereocenters. The summed E-state index contributed by atoms with van der Waals surface area (Å²) in [6.07, 6.45) is 7.17. The normalized spacial score (nSPS) is 15.8. The molecular weight excluding hydrogens is 314 g/mol. The molecule has 0 aliphatic carbocycles. The number of fused-ring (bicyclic) bond motifs is 1. The van der Waals surface area contributed by atoms with Gasteiger partial charge in [0.1, 0.15) is 17.7 Å². The number of aromatic nitrogens is 5. The van der Waals surface area contributed by atoms with Crippen LogP contribution in [-0.4, -0.2) is 50.7 Å². The van der Waals surface area contributed by atoms with Crippen LogP contribution in [0.15, 0.2) is 37.1 Å². The van der Waals surface area contributed by atoms with Gasteiger partial charge in [-0.25, -0.2) is 19.5 Å². The number of rotatable bonds is 2. The van der Waals surface area contributed by atoms with E-state index in [-0.39, 0.29) is 5.41 Å². The van der Waals surface area contributed by atoms with Gasteiger partial charge in [-0.2, -0.15) is 5.10 Å². The molecule has 1 aliphatic heterocycles. The molecule has 0 spiro atoms. The molecule has 3 aromatic heterocycles. The van der Waals surface area contributed by atoms with Crippen molar-refractivity contribution in [1.29, 1.82) is 0 Å². The first-order chi connectivity index (χ1) is 12.0. The van der Waals surface area contributed by atoms with Gasteiger partial charge >= 0.3 is 0 Å². The smallest absolute Gasteiger partial charge is 0.154 e. The Morgan fingerprint density at radius 1 is 0.920 bits per heavy atom. The monoisotopic (exact) mass is 337 g/mol. The van der Waals surface area contributed by atoms with Gasteiger partial charge in [0.2, 0.25) is 0 Å². The molecule has 1 saturated heterocycles. The van der Waals surface area contributed by atoms with Crippen molar-refractivity contribution in [3.8, 4) is 0 Å². The first-order valence-corrected chi connectivity index (χ1v) is 8.63. The molecule has 3 aromatic rings. The molecule has 4 heterocycles. The fraction of sp³-hybridized carbons (Fsp3) is 0.444. The van der Waals surface area contributed by atoms with Gasteiger partial charge in [-0.15, -0.1) is 0 Å². The van der Waals surface area contributed by atoms with Gasteiger partial charge in [0.05, 0.1) is 11.9 Å². The SMILES string of the molecule is CC(C)(C)c1cc(N2CCN(c3nccn4nccc34)CC2)ncn1. The lowest BCUT2D eigenvalue weighted by atomic mass is 9.92. The third-order valence-electron chi connectivity index (χ3n) is 4.63. The van der Waals surface area contributed by atoms with Crippen molar-refractivity contribution < 1.29 is 0 Å². The zero-order valence-corrected chi connectivity index (χ0v) is 14.9. The molecule has 4 rings (SSSR count). The van der Waals surface area contributed by atoms with Crippen LogP contribution in [0.3, 0.4) is 0 Å². The highest BCUT2D eigenvalue weighted by Crippen LogP contribution is 2.25. The van der Waals surface area contributed by atoms with Crippen molar-refractivity contribution in [3.05, 3.63) is 42.7 Å². The van der Waals surface area contributed by atoms with Crippen molar-refractivity contribution in [1.82, 2.24) is 24.6 Å². The minimum absolute atomic E-state index is 0.0289. The maximum absolute atomic E-state index is 4.57. The van der Waals surface area contributed by atoms with E-state index in [4.69, 9.17) is 0 Å². The molecule has 0 saturated carbocycles. The molecule has 1 aliphatic rings. The molecular formula is C18H23N7. The minimum atomic E-state index is 0.0289. The highest BCUT2D eigenvalue weighted by molar-refractivity contribution is 5.68. The van der Waals surface area contributed by atoms with Crippen LogP contribution < -0.4 is 9.80 Å². The summed E-state index contributed by atoms with van der Waals surface area (Å²) in [5, 5.41) is 4.29. The summed E-state index contributed by atoms with van der Waals surface area (Å²) >= 11 is 0. The molecule has 0 aromatic carbocycles. The summed E-state index contributed by atoms with van der Waals surface area (Å²) < 4.78 is 1.87. The number of hydrogen-bond donors (Lipinski definition) is 0. The molecule has 0 unspecified atom stereocenters. The van der Waals surface area contributed by atoms with Gasteiger partial charge < -0.3 is 9.80 Å². The summed E-state index contributed by atoms with van der Waals surface area (Å²) in [7, 11) is 0. The van der Waals surface area contributed by atoms with Crippen molar-refractivity contribution >= 4 is 17.2 Å². The van der Waals surface area contributed by atoms with E-state index in [2.05, 4.69) is 56.7 Å². The Hall–Kier alpha value is -2.70. The fourth-order valence-corrected chi connectivity index (χ4v) is 3.16. The number of piperazine rings is 1. The first kappa shape index (κ1) is 15.8. The van der Waals surface area contributed by atoms with Gasteiger partial charge in [-0.1, -0.05) is 20.8 Å². The largest absolute Gasteiger partial charge is 0.353 e. The lowest BCUT2D eigenvalue weighted by molar-refractivity contribution is 0.564. The summed E-state index contributed by atoms with van der Waals surface area (Å²) in [5.41, 5.74) is 2.15. The topological polar surface area (TPSA) is 62.5 Å². The fourth-order valence-electron chi connectivity index (χ4n) is 3.16. The van der Waals surface area contributed by atoms with Crippen LogP contribution in [-0.2, 0) is 5.41 Å². The zero-order chi connectivity index (χ0) is 17.4. The lowest BCUT2D eigenvalue weighted by Crippen LogP contribution is -2.47. The summed E-state index contributed by atoms with van der Waals surface area (Å²) in [5.74, 6) is 2.01. The van der Waals surface area contributed by atoms with Crippen LogP contribution in [0, 0.1) is 0 Å². The maximum atomic E-state index is 4.57. The Bertz CT molecular complexity index is 872. The van der Waals surface area contributed by atoms with Gasteiger partial charge in [0.25, 0.3) is 0 Å². The predicted octanol–water partition coefficient (Wildman–Crippen LogP) is 2.14. The Balaban J connectivity index is 1.51. The number of hydrogen-bond acceptors (Lipinski definition) is 6. The van der Waals surface area contributed by atoms with Crippen molar-refractivity contribution in [2.24, 2.45) is 0 Å². The van der Waals surface area contributed by atoms with Crippen molar-refractivity contribution in [2.45, 2.75) is 26.2 Å². The summed E-state index contributed by atoms with van der Waals surface area (Å²) in [6, 6.07) is 4.13. The third-order valence-corrected chi connectivity index (χ3v) is 4.63. The Morgan fingerprint density at radius 3 is 2.44 bits per heavy atom. The molecule has 0 amide bonds. The second-order valence-corrected chi connectivity index (χ2v) is 7.40. The highest BCUT2D eigenvalue weighted by Gasteiger charge is 2.23. The van der Waals surface area contributed by atoms with Crippen LogP contribution >= 0.6 is 0 Å².